The molecule has 2 rings (SSSR count). The van der Waals surface area contributed by atoms with Crippen LogP contribution >= 0.6 is 0 Å². The second-order valence-corrected chi connectivity index (χ2v) is 8.18. The Kier molecular flexibility index (Phi) is 5.53. The van der Waals surface area contributed by atoms with Crippen LogP contribution in [0, 0.1) is 11.8 Å². The molecular weight excluding hydrogens is 246 g/mol. The summed E-state index contributed by atoms with van der Waals surface area (Å²) in [6, 6.07) is 0. The predicted octanol–water partition coefficient (Wildman–Crippen LogP) is 4.48. The van der Waals surface area contributed by atoms with Gasteiger partial charge in [-0.05, 0) is 65.2 Å². The van der Waals surface area contributed by atoms with Crippen molar-refractivity contribution >= 4 is 0 Å². The summed E-state index contributed by atoms with van der Waals surface area (Å²) in [7, 11) is 0. The fourth-order valence-corrected chi connectivity index (χ4v) is 4.05. The monoisotopic (exact) mass is 281 g/mol. The molecule has 0 aromatic carbocycles. The highest BCUT2D eigenvalue weighted by atomic mass is 16.5. The van der Waals surface area contributed by atoms with Crippen LogP contribution in [0.3, 0.4) is 0 Å². The van der Waals surface area contributed by atoms with Gasteiger partial charge in [-0.2, -0.15) is 0 Å². The van der Waals surface area contributed by atoms with Gasteiger partial charge in [-0.1, -0.05) is 19.8 Å². The van der Waals surface area contributed by atoms with Crippen molar-refractivity contribution in [2.24, 2.45) is 11.8 Å². The van der Waals surface area contributed by atoms with Gasteiger partial charge in [-0.25, -0.2) is 0 Å². The minimum Gasteiger partial charge on any atom is -0.375 e. The molecule has 1 aliphatic carbocycles. The number of ether oxygens (including phenoxy) is 1. The zero-order valence-corrected chi connectivity index (χ0v) is 14.3. The van der Waals surface area contributed by atoms with E-state index in [1.165, 1.54) is 51.6 Å². The fraction of sp³-hybridized carbons (Fsp3) is 1.00. The highest BCUT2D eigenvalue weighted by Crippen LogP contribution is 2.34. The molecule has 1 heterocycles. The maximum absolute atomic E-state index is 6.05. The van der Waals surface area contributed by atoms with Crippen molar-refractivity contribution < 1.29 is 4.74 Å². The lowest BCUT2D eigenvalue weighted by atomic mass is 9.81. The Morgan fingerprint density at radius 3 is 2.30 bits per heavy atom. The standard InChI is InChI=1S/C18H35NO/c1-14(2)20-17-10-11-19(18(4,5)12-17)13-16-8-6-15(3)7-9-16/h14-17H,6-13H2,1-5H3. The number of hydrogen-bond acceptors (Lipinski definition) is 2. The van der Waals surface area contributed by atoms with Crippen molar-refractivity contribution in [3.8, 4) is 0 Å². The topological polar surface area (TPSA) is 12.5 Å². The maximum atomic E-state index is 6.05. The minimum atomic E-state index is 0.306. The molecule has 118 valence electrons. The molecule has 2 heteroatoms. The summed E-state index contributed by atoms with van der Waals surface area (Å²) in [5.41, 5.74) is 0.306. The van der Waals surface area contributed by atoms with Crippen molar-refractivity contribution in [1.82, 2.24) is 4.90 Å². The predicted molar refractivity (Wildman–Crippen MR) is 86.0 cm³/mol. The minimum absolute atomic E-state index is 0.306. The zero-order chi connectivity index (χ0) is 14.8. The van der Waals surface area contributed by atoms with E-state index in [-0.39, 0.29) is 0 Å². The van der Waals surface area contributed by atoms with Gasteiger partial charge >= 0.3 is 0 Å². The molecule has 0 aromatic rings. The van der Waals surface area contributed by atoms with Gasteiger partial charge in [-0.15, -0.1) is 0 Å². The Labute approximate surface area is 126 Å². The van der Waals surface area contributed by atoms with E-state index in [2.05, 4.69) is 39.5 Å². The van der Waals surface area contributed by atoms with Gasteiger partial charge in [0.1, 0.15) is 0 Å². The molecule has 1 aliphatic heterocycles. The van der Waals surface area contributed by atoms with Gasteiger partial charge in [0.2, 0.25) is 0 Å². The highest BCUT2D eigenvalue weighted by molar-refractivity contribution is 4.91. The van der Waals surface area contributed by atoms with Crippen molar-refractivity contribution in [2.75, 3.05) is 13.1 Å². The molecule has 2 nitrogen and oxygen atoms in total. The zero-order valence-electron chi connectivity index (χ0n) is 14.3. The van der Waals surface area contributed by atoms with E-state index in [0.29, 0.717) is 17.7 Å². The third-order valence-corrected chi connectivity index (χ3v) is 5.38. The normalized spacial score (nSPS) is 35.4. The van der Waals surface area contributed by atoms with E-state index in [1.54, 1.807) is 0 Å². The lowest BCUT2D eigenvalue weighted by Crippen LogP contribution is -2.53. The van der Waals surface area contributed by atoms with Crippen LogP contribution in [-0.4, -0.2) is 35.7 Å². The molecule has 0 spiro atoms. The van der Waals surface area contributed by atoms with E-state index in [9.17, 15) is 0 Å². The van der Waals surface area contributed by atoms with Crippen LogP contribution in [0.15, 0.2) is 0 Å². The third kappa shape index (κ3) is 4.46. The molecule has 2 aliphatic rings. The Morgan fingerprint density at radius 2 is 1.75 bits per heavy atom. The molecule has 1 atom stereocenters. The SMILES string of the molecule is CC1CCC(CN2CCC(OC(C)C)CC2(C)C)CC1. The molecule has 20 heavy (non-hydrogen) atoms. The number of nitrogens with zero attached hydrogens (tertiary/aromatic N) is 1. The van der Waals surface area contributed by atoms with Gasteiger partial charge < -0.3 is 4.74 Å². The quantitative estimate of drug-likeness (QED) is 0.753. The summed E-state index contributed by atoms with van der Waals surface area (Å²) in [4.78, 5) is 2.74. The number of rotatable bonds is 4. The summed E-state index contributed by atoms with van der Waals surface area (Å²) in [5, 5.41) is 0. The van der Waals surface area contributed by atoms with Crippen molar-refractivity contribution in [3.63, 3.8) is 0 Å². The van der Waals surface area contributed by atoms with Crippen LogP contribution in [0.4, 0.5) is 0 Å². The van der Waals surface area contributed by atoms with Crippen LogP contribution in [-0.2, 0) is 4.74 Å². The Balaban J connectivity index is 1.84. The summed E-state index contributed by atoms with van der Waals surface area (Å²) in [5.74, 6) is 1.90. The summed E-state index contributed by atoms with van der Waals surface area (Å²) in [6.07, 6.45) is 9.00. The average molecular weight is 281 g/mol. The van der Waals surface area contributed by atoms with Crippen LogP contribution in [0.5, 0.6) is 0 Å². The van der Waals surface area contributed by atoms with Crippen LogP contribution in [0.25, 0.3) is 0 Å². The smallest absolute Gasteiger partial charge is 0.0608 e. The maximum Gasteiger partial charge on any atom is 0.0608 e. The second kappa shape index (κ2) is 6.79. The molecule has 0 N–H and O–H groups in total. The summed E-state index contributed by atoms with van der Waals surface area (Å²) in [6.45, 7) is 14.1. The lowest BCUT2D eigenvalue weighted by Gasteiger charge is -2.47. The highest BCUT2D eigenvalue weighted by Gasteiger charge is 2.36. The molecule has 0 bridgehead atoms. The van der Waals surface area contributed by atoms with E-state index < -0.39 is 0 Å². The van der Waals surface area contributed by atoms with E-state index in [0.717, 1.165) is 11.8 Å². The van der Waals surface area contributed by atoms with E-state index in [4.69, 9.17) is 4.74 Å². The molecule has 0 radical (unpaired) electrons. The van der Waals surface area contributed by atoms with Crippen molar-refractivity contribution in [2.45, 2.75) is 90.9 Å². The second-order valence-electron chi connectivity index (χ2n) is 8.18. The van der Waals surface area contributed by atoms with Crippen molar-refractivity contribution in [1.29, 1.82) is 0 Å². The van der Waals surface area contributed by atoms with E-state index in [1.807, 2.05) is 0 Å². The first-order chi connectivity index (χ1) is 9.37. The van der Waals surface area contributed by atoms with Gasteiger partial charge in [-0.3, -0.25) is 4.90 Å². The molecule has 0 amide bonds. The molecule has 1 saturated heterocycles. The van der Waals surface area contributed by atoms with Crippen LogP contribution in [0.2, 0.25) is 0 Å². The fourth-order valence-electron chi connectivity index (χ4n) is 4.05. The molecular formula is C18H35NO. The Bertz CT molecular complexity index is 292. The molecule has 1 unspecified atom stereocenters. The average Bonchev–Trinajstić information content (AvgIpc) is 2.34. The van der Waals surface area contributed by atoms with Crippen molar-refractivity contribution in [3.05, 3.63) is 0 Å². The van der Waals surface area contributed by atoms with Gasteiger partial charge in [0, 0.05) is 18.6 Å². The lowest BCUT2D eigenvalue weighted by molar-refractivity contribution is -0.0712. The molecule has 0 aromatic heterocycles. The first-order valence-corrected chi connectivity index (χ1v) is 8.77. The van der Waals surface area contributed by atoms with Gasteiger partial charge in [0.25, 0.3) is 0 Å². The Hall–Kier alpha value is -0.0800. The number of piperidine rings is 1. The number of likely N-dealkylation sites (tertiary alicyclic amines) is 1. The largest absolute Gasteiger partial charge is 0.375 e. The van der Waals surface area contributed by atoms with Gasteiger partial charge in [0.05, 0.1) is 12.2 Å². The summed E-state index contributed by atoms with van der Waals surface area (Å²) < 4.78 is 6.05. The molecule has 2 fully saturated rings. The van der Waals surface area contributed by atoms with Crippen LogP contribution < -0.4 is 0 Å². The Morgan fingerprint density at radius 1 is 1.10 bits per heavy atom. The number of hydrogen-bond donors (Lipinski definition) is 0. The summed E-state index contributed by atoms with van der Waals surface area (Å²) >= 11 is 0. The third-order valence-electron chi connectivity index (χ3n) is 5.38. The first kappa shape index (κ1) is 16.3. The first-order valence-electron chi connectivity index (χ1n) is 8.77. The van der Waals surface area contributed by atoms with E-state index >= 15 is 0 Å². The molecule has 1 saturated carbocycles. The van der Waals surface area contributed by atoms with Gasteiger partial charge in [0.15, 0.2) is 0 Å². The van der Waals surface area contributed by atoms with Crippen LogP contribution in [0.1, 0.15) is 73.1 Å².